The van der Waals surface area contributed by atoms with Crippen molar-refractivity contribution in [1.82, 2.24) is 15.1 Å². The Morgan fingerprint density at radius 1 is 1.32 bits per heavy atom. The van der Waals surface area contributed by atoms with Crippen molar-refractivity contribution in [2.24, 2.45) is 0 Å². The predicted octanol–water partition coefficient (Wildman–Crippen LogP) is 3.00. The van der Waals surface area contributed by atoms with E-state index in [0.29, 0.717) is 10.8 Å². The van der Waals surface area contributed by atoms with Crippen LogP contribution >= 0.6 is 11.6 Å². The molecule has 2 aromatic rings. The van der Waals surface area contributed by atoms with Crippen LogP contribution < -0.4 is 10.6 Å². The van der Waals surface area contributed by atoms with Gasteiger partial charge < -0.3 is 10.6 Å². The Bertz CT molecular complexity index is 659. The molecule has 1 aromatic heterocycles. The van der Waals surface area contributed by atoms with Gasteiger partial charge in [-0.05, 0) is 57.0 Å². The van der Waals surface area contributed by atoms with E-state index in [-0.39, 0.29) is 5.91 Å². The highest BCUT2D eigenvalue weighted by molar-refractivity contribution is 6.30. The monoisotopic (exact) mass is 318 g/mol. The van der Waals surface area contributed by atoms with E-state index in [1.807, 2.05) is 37.4 Å². The maximum atomic E-state index is 12.4. The number of benzene rings is 1. The van der Waals surface area contributed by atoms with Crippen LogP contribution in [0.25, 0.3) is 5.69 Å². The number of rotatable bonds is 3. The average Bonchev–Trinajstić information content (AvgIpc) is 2.97. The molecule has 2 heterocycles. The molecule has 116 valence electrons. The van der Waals surface area contributed by atoms with Crippen LogP contribution in [0.5, 0.6) is 0 Å². The number of carbonyl (C=O) groups excluding carboxylic acids is 1. The standard InChI is InChI=1S/C16H19ClN4O/c1-16(9-2-3-10-18-16)15(22)19-14-8-11-21(20-14)13-6-4-12(17)5-7-13/h4-8,11,18H,2-3,9-10H2,1H3,(H,19,20,22). The molecule has 3 rings (SSSR count). The van der Waals surface area contributed by atoms with E-state index in [0.717, 1.165) is 31.5 Å². The molecule has 5 nitrogen and oxygen atoms in total. The van der Waals surface area contributed by atoms with Gasteiger partial charge in [-0.3, -0.25) is 4.79 Å². The van der Waals surface area contributed by atoms with Gasteiger partial charge >= 0.3 is 0 Å². The Morgan fingerprint density at radius 3 is 2.77 bits per heavy atom. The van der Waals surface area contributed by atoms with Crippen LogP contribution in [0.4, 0.5) is 5.82 Å². The fraction of sp³-hybridized carbons (Fsp3) is 0.375. The number of carbonyl (C=O) groups is 1. The summed E-state index contributed by atoms with van der Waals surface area (Å²) in [6, 6.07) is 9.17. The Hall–Kier alpha value is -1.85. The van der Waals surface area contributed by atoms with Crippen LogP contribution in [0, 0.1) is 0 Å². The van der Waals surface area contributed by atoms with Crippen molar-refractivity contribution in [2.45, 2.75) is 31.7 Å². The predicted molar refractivity (Wildman–Crippen MR) is 87.5 cm³/mol. The maximum Gasteiger partial charge on any atom is 0.245 e. The molecule has 2 N–H and O–H groups in total. The van der Waals surface area contributed by atoms with Crippen molar-refractivity contribution in [1.29, 1.82) is 0 Å². The van der Waals surface area contributed by atoms with Gasteiger partial charge in [-0.15, -0.1) is 0 Å². The van der Waals surface area contributed by atoms with E-state index in [4.69, 9.17) is 11.6 Å². The SMILES string of the molecule is CC1(C(=O)Nc2ccn(-c3ccc(Cl)cc3)n2)CCCCN1. The van der Waals surface area contributed by atoms with E-state index >= 15 is 0 Å². The molecule has 1 saturated heterocycles. The molecule has 1 amide bonds. The van der Waals surface area contributed by atoms with Crippen molar-refractivity contribution in [3.05, 3.63) is 41.6 Å². The first-order chi connectivity index (χ1) is 10.6. The average molecular weight is 319 g/mol. The van der Waals surface area contributed by atoms with Crippen LogP contribution in [0.2, 0.25) is 5.02 Å². The highest BCUT2D eigenvalue weighted by Crippen LogP contribution is 2.21. The van der Waals surface area contributed by atoms with Gasteiger partial charge in [0.2, 0.25) is 5.91 Å². The topological polar surface area (TPSA) is 59.0 Å². The molecule has 1 aliphatic rings. The van der Waals surface area contributed by atoms with Gasteiger partial charge in [0.25, 0.3) is 0 Å². The molecule has 22 heavy (non-hydrogen) atoms. The smallest absolute Gasteiger partial charge is 0.245 e. The summed E-state index contributed by atoms with van der Waals surface area (Å²) in [6.45, 7) is 2.82. The highest BCUT2D eigenvalue weighted by atomic mass is 35.5. The molecule has 1 aromatic carbocycles. The van der Waals surface area contributed by atoms with Crippen LogP contribution in [-0.2, 0) is 4.79 Å². The van der Waals surface area contributed by atoms with Crippen molar-refractivity contribution in [3.63, 3.8) is 0 Å². The summed E-state index contributed by atoms with van der Waals surface area (Å²) < 4.78 is 1.71. The van der Waals surface area contributed by atoms with Crippen molar-refractivity contribution >= 4 is 23.3 Å². The van der Waals surface area contributed by atoms with Crippen LogP contribution in [-0.4, -0.2) is 27.8 Å². The zero-order valence-corrected chi connectivity index (χ0v) is 13.2. The number of aromatic nitrogens is 2. The normalized spacial score (nSPS) is 21.5. The third-order valence-electron chi connectivity index (χ3n) is 4.04. The summed E-state index contributed by atoms with van der Waals surface area (Å²) in [6.07, 6.45) is 4.84. The molecule has 0 radical (unpaired) electrons. The summed E-state index contributed by atoms with van der Waals surface area (Å²) in [5.41, 5.74) is 0.384. The first kappa shape index (κ1) is 15.1. The molecule has 1 fully saturated rings. The molecule has 0 spiro atoms. The second-order valence-electron chi connectivity index (χ2n) is 5.79. The summed E-state index contributed by atoms with van der Waals surface area (Å²) in [4.78, 5) is 12.4. The first-order valence-corrected chi connectivity index (χ1v) is 7.83. The number of amides is 1. The molecule has 1 aliphatic heterocycles. The lowest BCUT2D eigenvalue weighted by Gasteiger charge is -2.33. The highest BCUT2D eigenvalue weighted by Gasteiger charge is 2.34. The second-order valence-corrected chi connectivity index (χ2v) is 6.23. The van der Waals surface area contributed by atoms with Gasteiger partial charge in [-0.25, -0.2) is 4.68 Å². The van der Waals surface area contributed by atoms with E-state index < -0.39 is 5.54 Å². The first-order valence-electron chi connectivity index (χ1n) is 7.45. The summed E-state index contributed by atoms with van der Waals surface area (Å²) in [5, 5.41) is 11.3. The van der Waals surface area contributed by atoms with E-state index in [2.05, 4.69) is 15.7 Å². The minimum Gasteiger partial charge on any atom is -0.308 e. The van der Waals surface area contributed by atoms with Gasteiger partial charge in [0.1, 0.15) is 0 Å². The van der Waals surface area contributed by atoms with Crippen molar-refractivity contribution < 1.29 is 4.79 Å². The number of anilines is 1. The Morgan fingerprint density at radius 2 is 2.09 bits per heavy atom. The van der Waals surface area contributed by atoms with Gasteiger partial charge in [0, 0.05) is 17.3 Å². The lowest BCUT2D eigenvalue weighted by Crippen LogP contribution is -2.54. The molecule has 0 aliphatic carbocycles. The zero-order valence-electron chi connectivity index (χ0n) is 12.5. The largest absolute Gasteiger partial charge is 0.308 e. The summed E-state index contributed by atoms with van der Waals surface area (Å²) >= 11 is 5.88. The van der Waals surface area contributed by atoms with Gasteiger partial charge in [0.05, 0.1) is 11.2 Å². The van der Waals surface area contributed by atoms with Crippen molar-refractivity contribution in [2.75, 3.05) is 11.9 Å². The van der Waals surface area contributed by atoms with E-state index in [1.54, 1.807) is 10.7 Å². The molecule has 0 bridgehead atoms. The number of nitrogens with one attached hydrogen (secondary N) is 2. The molecule has 0 saturated carbocycles. The molecular weight excluding hydrogens is 300 g/mol. The minimum atomic E-state index is -0.512. The second kappa shape index (κ2) is 6.10. The fourth-order valence-electron chi connectivity index (χ4n) is 2.63. The molecular formula is C16H19ClN4O. The molecule has 1 atom stereocenters. The lowest BCUT2D eigenvalue weighted by molar-refractivity contribution is -0.122. The van der Waals surface area contributed by atoms with Crippen LogP contribution in [0.15, 0.2) is 36.5 Å². The minimum absolute atomic E-state index is 0.0337. The quantitative estimate of drug-likeness (QED) is 0.914. The Labute approximate surface area is 134 Å². The molecule has 6 heteroatoms. The van der Waals surface area contributed by atoms with Crippen LogP contribution in [0.1, 0.15) is 26.2 Å². The number of hydrogen-bond acceptors (Lipinski definition) is 3. The van der Waals surface area contributed by atoms with Gasteiger partial charge in [-0.2, -0.15) is 5.10 Å². The Balaban J connectivity index is 1.71. The number of piperidine rings is 1. The van der Waals surface area contributed by atoms with Gasteiger partial charge in [0.15, 0.2) is 5.82 Å². The zero-order chi connectivity index (χ0) is 15.6. The molecule has 1 unspecified atom stereocenters. The maximum absolute atomic E-state index is 12.4. The summed E-state index contributed by atoms with van der Waals surface area (Å²) in [5.74, 6) is 0.516. The Kier molecular flexibility index (Phi) is 4.18. The third kappa shape index (κ3) is 3.15. The van der Waals surface area contributed by atoms with E-state index in [1.165, 1.54) is 0 Å². The van der Waals surface area contributed by atoms with E-state index in [9.17, 15) is 4.79 Å². The number of hydrogen-bond donors (Lipinski definition) is 2. The van der Waals surface area contributed by atoms with Crippen molar-refractivity contribution in [3.8, 4) is 5.69 Å². The van der Waals surface area contributed by atoms with Gasteiger partial charge in [-0.1, -0.05) is 11.6 Å². The lowest BCUT2D eigenvalue weighted by atomic mass is 9.90. The summed E-state index contributed by atoms with van der Waals surface area (Å²) in [7, 11) is 0. The fourth-order valence-corrected chi connectivity index (χ4v) is 2.76. The number of halogens is 1. The number of nitrogens with zero attached hydrogens (tertiary/aromatic N) is 2. The van der Waals surface area contributed by atoms with Crippen LogP contribution in [0.3, 0.4) is 0 Å². The third-order valence-corrected chi connectivity index (χ3v) is 4.29.